The molecule has 3 N–H and O–H groups in total. The number of nitrogens with one attached hydrogen (secondary N) is 3. The molecule has 1 aliphatic carbocycles. The summed E-state index contributed by atoms with van der Waals surface area (Å²) >= 11 is 1.63. The van der Waals surface area contributed by atoms with Gasteiger partial charge in [0.15, 0.2) is 11.5 Å². The van der Waals surface area contributed by atoms with Gasteiger partial charge in [-0.3, -0.25) is 19.9 Å². The smallest absolute Gasteiger partial charge is 0.224 e. The van der Waals surface area contributed by atoms with E-state index in [-0.39, 0.29) is 5.91 Å². The van der Waals surface area contributed by atoms with E-state index >= 15 is 0 Å². The molecule has 0 saturated heterocycles. The van der Waals surface area contributed by atoms with Crippen LogP contribution in [0.5, 0.6) is 0 Å². The standard InChI is InChI=1S/C29H26N8OS/c38-24(12-17-4-2-1-3-5-17)32-20-13-19(14-30-15-20)21-6-7-23-27(33-21)28(37-36-23)29-34-22-8-10-31-25(26(22)35-29)18-9-11-39-16-18/h6-11,13-17H,1-5,12H2,(H,32,38)(H,34,35)(H,36,37). The van der Waals surface area contributed by atoms with Crippen LogP contribution in [0.15, 0.2) is 59.7 Å². The Hall–Kier alpha value is -4.44. The number of aromatic amines is 2. The van der Waals surface area contributed by atoms with Crippen LogP contribution in [0.2, 0.25) is 0 Å². The summed E-state index contributed by atoms with van der Waals surface area (Å²) < 4.78 is 0. The minimum atomic E-state index is 0.0441. The number of carbonyl (C=O) groups excluding carboxylic acids is 1. The molecular formula is C29H26N8OS. The highest BCUT2D eigenvalue weighted by atomic mass is 32.1. The molecule has 1 amide bonds. The lowest BCUT2D eigenvalue weighted by atomic mass is 9.87. The summed E-state index contributed by atoms with van der Waals surface area (Å²) in [6.07, 6.45) is 11.8. The molecule has 0 aromatic carbocycles. The molecule has 194 valence electrons. The summed E-state index contributed by atoms with van der Waals surface area (Å²) in [5.41, 5.74) is 7.89. The predicted octanol–water partition coefficient (Wildman–Crippen LogP) is 6.60. The number of anilines is 1. The van der Waals surface area contributed by atoms with Gasteiger partial charge in [-0.1, -0.05) is 19.3 Å². The van der Waals surface area contributed by atoms with Gasteiger partial charge in [0, 0.05) is 35.3 Å². The minimum Gasteiger partial charge on any atom is -0.336 e. The molecule has 10 heteroatoms. The fourth-order valence-electron chi connectivity index (χ4n) is 5.40. The van der Waals surface area contributed by atoms with Gasteiger partial charge in [0.25, 0.3) is 0 Å². The minimum absolute atomic E-state index is 0.0441. The molecule has 0 atom stereocenters. The Balaban J connectivity index is 1.19. The number of hydrogen-bond donors (Lipinski definition) is 3. The third kappa shape index (κ3) is 4.67. The van der Waals surface area contributed by atoms with E-state index in [1.165, 1.54) is 19.3 Å². The Morgan fingerprint density at radius 3 is 2.74 bits per heavy atom. The van der Waals surface area contributed by atoms with Gasteiger partial charge in [-0.2, -0.15) is 16.4 Å². The van der Waals surface area contributed by atoms with Gasteiger partial charge in [0.1, 0.15) is 11.0 Å². The van der Waals surface area contributed by atoms with Gasteiger partial charge < -0.3 is 10.3 Å². The van der Waals surface area contributed by atoms with Crippen molar-refractivity contribution < 1.29 is 4.79 Å². The second-order valence-corrected chi connectivity index (χ2v) is 10.8. The fourth-order valence-corrected chi connectivity index (χ4v) is 6.04. The largest absolute Gasteiger partial charge is 0.336 e. The zero-order valence-corrected chi connectivity index (χ0v) is 22.0. The van der Waals surface area contributed by atoms with Crippen LogP contribution in [0, 0.1) is 5.92 Å². The van der Waals surface area contributed by atoms with Crippen molar-refractivity contribution in [1.82, 2.24) is 35.1 Å². The number of H-pyrrole nitrogens is 2. The van der Waals surface area contributed by atoms with E-state index in [0.717, 1.165) is 51.9 Å². The highest BCUT2D eigenvalue weighted by Crippen LogP contribution is 2.32. The van der Waals surface area contributed by atoms with Gasteiger partial charge >= 0.3 is 0 Å². The summed E-state index contributed by atoms with van der Waals surface area (Å²) in [5.74, 6) is 1.14. The monoisotopic (exact) mass is 534 g/mol. The van der Waals surface area contributed by atoms with Crippen LogP contribution < -0.4 is 5.32 Å². The Morgan fingerprint density at radius 2 is 1.87 bits per heavy atom. The van der Waals surface area contributed by atoms with Crippen molar-refractivity contribution in [2.75, 3.05) is 5.32 Å². The average molecular weight is 535 g/mol. The van der Waals surface area contributed by atoms with Crippen LogP contribution in [-0.2, 0) is 4.79 Å². The van der Waals surface area contributed by atoms with E-state index in [4.69, 9.17) is 9.97 Å². The summed E-state index contributed by atoms with van der Waals surface area (Å²) in [6.45, 7) is 0. The Bertz CT molecular complexity index is 1780. The second kappa shape index (κ2) is 10.0. The van der Waals surface area contributed by atoms with Gasteiger partial charge in [-0.05, 0) is 54.5 Å². The quantitative estimate of drug-likeness (QED) is 0.221. The van der Waals surface area contributed by atoms with Crippen LogP contribution in [-0.4, -0.2) is 41.0 Å². The molecule has 0 aliphatic heterocycles. The molecule has 6 aromatic heterocycles. The lowest BCUT2D eigenvalue weighted by Gasteiger charge is -2.20. The molecule has 1 aliphatic rings. The number of fused-ring (bicyclic) bond motifs is 2. The number of nitrogens with zero attached hydrogens (tertiary/aromatic N) is 5. The van der Waals surface area contributed by atoms with Crippen molar-refractivity contribution in [3.05, 3.63) is 59.7 Å². The van der Waals surface area contributed by atoms with Crippen molar-refractivity contribution in [1.29, 1.82) is 0 Å². The van der Waals surface area contributed by atoms with Gasteiger partial charge in [-0.15, -0.1) is 0 Å². The summed E-state index contributed by atoms with van der Waals surface area (Å²) in [7, 11) is 0. The number of thiophene rings is 1. The zero-order valence-electron chi connectivity index (χ0n) is 21.1. The number of hydrogen-bond acceptors (Lipinski definition) is 7. The molecule has 0 unspecified atom stereocenters. The van der Waals surface area contributed by atoms with Crippen LogP contribution in [0.3, 0.4) is 0 Å². The molecule has 39 heavy (non-hydrogen) atoms. The molecule has 0 radical (unpaired) electrons. The van der Waals surface area contributed by atoms with E-state index in [0.29, 0.717) is 35.1 Å². The number of rotatable bonds is 6. The SMILES string of the molecule is O=C(CC1CCCCC1)Nc1cncc(-c2ccc3[nH]nc(-c4nc5c(-c6ccsc6)nccc5[nH]4)c3n2)c1. The number of amides is 1. The molecular weight excluding hydrogens is 508 g/mol. The lowest BCUT2D eigenvalue weighted by Crippen LogP contribution is -2.18. The van der Waals surface area contributed by atoms with E-state index < -0.39 is 0 Å². The first-order chi connectivity index (χ1) is 19.2. The highest BCUT2D eigenvalue weighted by Gasteiger charge is 2.19. The van der Waals surface area contributed by atoms with Gasteiger partial charge in [-0.25, -0.2) is 9.97 Å². The summed E-state index contributed by atoms with van der Waals surface area (Å²) in [4.78, 5) is 34.8. The first kappa shape index (κ1) is 23.7. The first-order valence-electron chi connectivity index (χ1n) is 13.2. The maximum absolute atomic E-state index is 12.7. The van der Waals surface area contributed by atoms with E-state index in [9.17, 15) is 4.79 Å². The van der Waals surface area contributed by atoms with E-state index in [1.54, 1.807) is 29.9 Å². The maximum Gasteiger partial charge on any atom is 0.224 e. The van der Waals surface area contributed by atoms with Crippen LogP contribution in [0.25, 0.3) is 56.1 Å². The van der Waals surface area contributed by atoms with Crippen molar-refractivity contribution >= 4 is 45.0 Å². The predicted molar refractivity (Wildman–Crippen MR) is 153 cm³/mol. The van der Waals surface area contributed by atoms with Crippen LogP contribution in [0.4, 0.5) is 5.69 Å². The third-order valence-electron chi connectivity index (χ3n) is 7.34. The van der Waals surface area contributed by atoms with Gasteiger partial charge in [0.05, 0.1) is 34.3 Å². The highest BCUT2D eigenvalue weighted by molar-refractivity contribution is 7.08. The van der Waals surface area contributed by atoms with Crippen molar-refractivity contribution in [2.45, 2.75) is 38.5 Å². The topological polar surface area (TPSA) is 125 Å². The lowest BCUT2D eigenvalue weighted by molar-refractivity contribution is -0.117. The molecule has 7 rings (SSSR count). The fraction of sp³-hybridized carbons (Fsp3) is 0.241. The van der Waals surface area contributed by atoms with Crippen molar-refractivity contribution in [3.63, 3.8) is 0 Å². The number of carbonyl (C=O) groups is 1. The Morgan fingerprint density at radius 1 is 0.974 bits per heavy atom. The number of aromatic nitrogens is 7. The number of pyridine rings is 3. The van der Waals surface area contributed by atoms with Crippen LogP contribution in [0.1, 0.15) is 38.5 Å². The Labute approximate surface area is 228 Å². The molecule has 0 spiro atoms. The number of imidazole rings is 1. The summed E-state index contributed by atoms with van der Waals surface area (Å²) in [6, 6.07) is 9.74. The molecule has 9 nitrogen and oxygen atoms in total. The van der Waals surface area contributed by atoms with Crippen LogP contribution >= 0.6 is 11.3 Å². The zero-order chi connectivity index (χ0) is 26.2. The first-order valence-corrected chi connectivity index (χ1v) is 14.1. The Kier molecular flexibility index (Phi) is 6.08. The van der Waals surface area contributed by atoms with E-state index in [2.05, 4.69) is 35.8 Å². The molecule has 0 bridgehead atoms. The molecule has 6 heterocycles. The second-order valence-electron chi connectivity index (χ2n) is 10.0. The summed E-state index contributed by atoms with van der Waals surface area (Å²) in [5, 5.41) is 14.7. The molecule has 1 fully saturated rings. The average Bonchev–Trinajstić information content (AvgIpc) is 3.73. The van der Waals surface area contributed by atoms with Gasteiger partial charge in [0.2, 0.25) is 5.91 Å². The third-order valence-corrected chi connectivity index (χ3v) is 8.03. The molecule has 6 aromatic rings. The molecule has 1 saturated carbocycles. The van der Waals surface area contributed by atoms with E-state index in [1.807, 2.05) is 35.7 Å². The van der Waals surface area contributed by atoms with Crippen molar-refractivity contribution in [3.8, 4) is 34.0 Å². The normalized spacial score (nSPS) is 14.3. The maximum atomic E-state index is 12.7. The van der Waals surface area contributed by atoms with Crippen molar-refractivity contribution in [2.24, 2.45) is 5.92 Å².